The van der Waals surface area contributed by atoms with Gasteiger partial charge in [0.05, 0.1) is 0 Å². The van der Waals surface area contributed by atoms with Crippen LogP contribution in [0.4, 0.5) is 0 Å². The minimum Gasteiger partial charge on any atom is -0.330 e. The minimum absolute atomic E-state index is 0.814. The topological polar surface area (TPSA) is 41.3 Å². The predicted molar refractivity (Wildman–Crippen MR) is 59.2 cm³/mol. The Kier molecular flexibility index (Phi) is 3.79. The lowest BCUT2D eigenvalue weighted by Gasteiger charge is -2.38. The first-order valence-electron chi connectivity index (χ1n) is 6.05. The fourth-order valence-corrected chi connectivity index (χ4v) is 2.79. The number of hydrogen-bond donors (Lipinski definition) is 2. The van der Waals surface area contributed by atoms with Crippen molar-refractivity contribution < 1.29 is 0 Å². The summed E-state index contributed by atoms with van der Waals surface area (Å²) in [5, 5.41) is 3.41. The van der Waals surface area contributed by atoms with Crippen LogP contribution in [0.15, 0.2) is 0 Å². The molecule has 3 N–H and O–H groups in total. The van der Waals surface area contributed by atoms with Crippen LogP contribution in [0, 0.1) is 5.92 Å². The number of piperazine rings is 1. The maximum atomic E-state index is 5.70. The Balaban J connectivity index is 1.76. The van der Waals surface area contributed by atoms with E-state index in [-0.39, 0.29) is 0 Å². The second-order valence-corrected chi connectivity index (χ2v) is 4.70. The first-order valence-corrected chi connectivity index (χ1v) is 6.05. The van der Waals surface area contributed by atoms with Crippen molar-refractivity contribution in [3.8, 4) is 0 Å². The van der Waals surface area contributed by atoms with Crippen molar-refractivity contribution in [3.63, 3.8) is 0 Å². The molecule has 0 aromatic heterocycles. The van der Waals surface area contributed by atoms with E-state index in [4.69, 9.17) is 5.73 Å². The summed E-state index contributed by atoms with van der Waals surface area (Å²) in [6.45, 7) is 5.75. The van der Waals surface area contributed by atoms with E-state index in [0.717, 1.165) is 18.5 Å². The van der Waals surface area contributed by atoms with Gasteiger partial charge in [-0.1, -0.05) is 0 Å². The molecule has 0 bridgehead atoms. The largest absolute Gasteiger partial charge is 0.330 e. The fraction of sp³-hybridized carbons (Fsp3) is 1.00. The molecule has 0 amide bonds. The molecule has 0 aromatic carbocycles. The Hall–Kier alpha value is -0.120. The lowest BCUT2D eigenvalue weighted by atomic mass is 9.85. The van der Waals surface area contributed by atoms with Crippen LogP contribution < -0.4 is 11.1 Å². The van der Waals surface area contributed by atoms with Crippen molar-refractivity contribution in [1.29, 1.82) is 0 Å². The van der Waals surface area contributed by atoms with Gasteiger partial charge in [-0.25, -0.2) is 0 Å². The van der Waals surface area contributed by atoms with Gasteiger partial charge in [0.15, 0.2) is 0 Å². The van der Waals surface area contributed by atoms with Crippen LogP contribution in [0.5, 0.6) is 0 Å². The zero-order valence-corrected chi connectivity index (χ0v) is 9.04. The SMILES string of the molecule is NCC1CCC(N2CCNCC2)CC1. The smallest absolute Gasteiger partial charge is 0.0110 e. The van der Waals surface area contributed by atoms with Crippen molar-refractivity contribution in [2.45, 2.75) is 31.7 Å². The summed E-state index contributed by atoms with van der Waals surface area (Å²) >= 11 is 0. The van der Waals surface area contributed by atoms with Crippen LogP contribution in [0.25, 0.3) is 0 Å². The maximum Gasteiger partial charge on any atom is 0.0110 e. The highest BCUT2D eigenvalue weighted by Crippen LogP contribution is 2.26. The van der Waals surface area contributed by atoms with Gasteiger partial charge in [0.1, 0.15) is 0 Å². The number of nitrogens with two attached hydrogens (primary N) is 1. The summed E-state index contributed by atoms with van der Waals surface area (Å²) < 4.78 is 0. The quantitative estimate of drug-likeness (QED) is 0.674. The lowest BCUT2D eigenvalue weighted by molar-refractivity contribution is 0.123. The summed E-state index contributed by atoms with van der Waals surface area (Å²) in [5.74, 6) is 0.814. The van der Waals surface area contributed by atoms with Crippen molar-refractivity contribution in [3.05, 3.63) is 0 Å². The highest BCUT2D eigenvalue weighted by Gasteiger charge is 2.25. The lowest BCUT2D eigenvalue weighted by Crippen LogP contribution is -2.49. The normalized spacial score (nSPS) is 35.8. The van der Waals surface area contributed by atoms with Gasteiger partial charge in [-0.2, -0.15) is 0 Å². The van der Waals surface area contributed by atoms with Gasteiger partial charge >= 0.3 is 0 Å². The van der Waals surface area contributed by atoms with Gasteiger partial charge in [0.25, 0.3) is 0 Å². The van der Waals surface area contributed by atoms with E-state index in [1.165, 1.54) is 51.9 Å². The second-order valence-electron chi connectivity index (χ2n) is 4.70. The van der Waals surface area contributed by atoms with Crippen LogP contribution in [-0.4, -0.2) is 43.7 Å². The van der Waals surface area contributed by atoms with Crippen LogP contribution in [-0.2, 0) is 0 Å². The van der Waals surface area contributed by atoms with Gasteiger partial charge in [-0.05, 0) is 38.1 Å². The first-order chi connectivity index (χ1) is 6.90. The molecule has 3 heteroatoms. The number of hydrogen-bond acceptors (Lipinski definition) is 3. The molecular formula is C11H23N3. The van der Waals surface area contributed by atoms with E-state index in [2.05, 4.69) is 10.2 Å². The molecule has 2 aliphatic rings. The van der Waals surface area contributed by atoms with Crippen molar-refractivity contribution in [2.75, 3.05) is 32.7 Å². The molecule has 1 heterocycles. The van der Waals surface area contributed by atoms with Crippen LogP contribution in [0.1, 0.15) is 25.7 Å². The molecule has 1 aliphatic heterocycles. The van der Waals surface area contributed by atoms with E-state index in [1.54, 1.807) is 0 Å². The van der Waals surface area contributed by atoms with E-state index >= 15 is 0 Å². The second kappa shape index (κ2) is 5.10. The zero-order chi connectivity index (χ0) is 9.80. The molecule has 0 radical (unpaired) electrons. The number of nitrogens with zero attached hydrogens (tertiary/aromatic N) is 1. The molecule has 1 saturated carbocycles. The summed E-state index contributed by atoms with van der Waals surface area (Å²) in [7, 11) is 0. The molecule has 14 heavy (non-hydrogen) atoms. The van der Waals surface area contributed by atoms with Gasteiger partial charge in [-0.15, -0.1) is 0 Å². The molecule has 82 valence electrons. The van der Waals surface area contributed by atoms with E-state index < -0.39 is 0 Å². The van der Waals surface area contributed by atoms with Gasteiger partial charge in [0, 0.05) is 32.2 Å². The molecule has 0 spiro atoms. The average molecular weight is 197 g/mol. The molecule has 0 aromatic rings. The third kappa shape index (κ3) is 2.47. The first kappa shape index (κ1) is 10.4. The molecular weight excluding hydrogens is 174 g/mol. The molecule has 1 aliphatic carbocycles. The standard InChI is InChI=1S/C11H23N3/c12-9-10-1-3-11(4-2-10)14-7-5-13-6-8-14/h10-11,13H,1-9,12H2. The molecule has 3 nitrogen and oxygen atoms in total. The van der Waals surface area contributed by atoms with Crippen LogP contribution in [0.3, 0.4) is 0 Å². The summed E-state index contributed by atoms with van der Waals surface area (Å²) in [4.78, 5) is 2.67. The highest BCUT2D eigenvalue weighted by molar-refractivity contribution is 4.82. The number of nitrogens with one attached hydrogen (secondary N) is 1. The Bertz CT molecular complexity index is 158. The summed E-state index contributed by atoms with van der Waals surface area (Å²) in [6.07, 6.45) is 5.46. The Labute approximate surface area is 87.0 Å². The Morgan fingerprint density at radius 3 is 2.29 bits per heavy atom. The maximum absolute atomic E-state index is 5.70. The van der Waals surface area contributed by atoms with Crippen molar-refractivity contribution in [2.24, 2.45) is 11.7 Å². The van der Waals surface area contributed by atoms with Gasteiger partial charge in [0.2, 0.25) is 0 Å². The average Bonchev–Trinajstić information content (AvgIpc) is 2.30. The van der Waals surface area contributed by atoms with Crippen LogP contribution >= 0.6 is 0 Å². The molecule has 2 fully saturated rings. The van der Waals surface area contributed by atoms with E-state index in [1.807, 2.05) is 0 Å². The van der Waals surface area contributed by atoms with Crippen molar-refractivity contribution in [1.82, 2.24) is 10.2 Å². The monoisotopic (exact) mass is 197 g/mol. The predicted octanol–water partition coefficient (Wildman–Crippen LogP) is 0.409. The molecule has 2 rings (SSSR count). The number of rotatable bonds is 2. The van der Waals surface area contributed by atoms with Crippen molar-refractivity contribution >= 4 is 0 Å². The van der Waals surface area contributed by atoms with Gasteiger partial charge < -0.3 is 11.1 Å². The summed E-state index contributed by atoms with van der Waals surface area (Å²) in [6, 6.07) is 0.861. The Morgan fingerprint density at radius 1 is 1.07 bits per heavy atom. The van der Waals surface area contributed by atoms with E-state index in [9.17, 15) is 0 Å². The molecule has 1 saturated heterocycles. The minimum atomic E-state index is 0.814. The third-order valence-electron chi connectivity index (χ3n) is 3.82. The van der Waals surface area contributed by atoms with Gasteiger partial charge in [-0.3, -0.25) is 4.90 Å². The third-order valence-corrected chi connectivity index (χ3v) is 3.82. The fourth-order valence-electron chi connectivity index (χ4n) is 2.79. The summed E-state index contributed by atoms with van der Waals surface area (Å²) in [5.41, 5.74) is 5.70. The van der Waals surface area contributed by atoms with E-state index in [0.29, 0.717) is 0 Å². The highest BCUT2D eigenvalue weighted by atomic mass is 15.2. The Morgan fingerprint density at radius 2 is 1.71 bits per heavy atom. The van der Waals surface area contributed by atoms with Crippen LogP contribution in [0.2, 0.25) is 0 Å². The molecule has 0 unspecified atom stereocenters. The zero-order valence-electron chi connectivity index (χ0n) is 9.04. The molecule has 0 atom stereocenters.